The molecule has 0 aliphatic carbocycles. The lowest BCUT2D eigenvalue weighted by Gasteiger charge is -2.37. The van der Waals surface area contributed by atoms with Crippen LogP contribution >= 0.6 is 23.2 Å². The smallest absolute Gasteiger partial charge is 0.242 e. The van der Waals surface area contributed by atoms with Crippen LogP contribution in [-0.4, -0.2) is 40.8 Å². The van der Waals surface area contributed by atoms with Crippen LogP contribution in [0.3, 0.4) is 0 Å². The van der Waals surface area contributed by atoms with Crippen LogP contribution in [0.2, 0.25) is 10.0 Å². The molecule has 3 rings (SSSR count). The summed E-state index contributed by atoms with van der Waals surface area (Å²) in [5, 5.41) is 10.6. The van der Waals surface area contributed by atoms with Gasteiger partial charge in [0.1, 0.15) is 11.4 Å². The van der Waals surface area contributed by atoms with Crippen LogP contribution in [-0.2, 0) is 6.61 Å². The fourth-order valence-electron chi connectivity index (χ4n) is 3.04. The summed E-state index contributed by atoms with van der Waals surface area (Å²) in [5.41, 5.74) is 7.56. The van der Waals surface area contributed by atoms with Crippen LogP contribution in [0.25, 0.3) is 11.3 Å². The summed E-state index contributed by atoms with van der Waals surface area (Å²) in [4.78, 5) is 11.3. The van der Waals surface area contributed by atoms with Gasteiger partial charge in [0, 0.05) is 24.2 Å². The van der Waals surface area contributed by atoms with Crippen LogP contribution in [0.15, 0.2) is 18.2 Å². The molecular weight excluding hydrogens is 375 g/mol. The molecule has 1 fully saturated rings. The Morgan fingerprint density at radius 3 is 2.58 bits per heavy atom. The van der Waals surface area contributed by atoms with Crippen molar-refractivity contribution in [3.05, 3.63) is 33.9 Å². The van der Waals surface area contributed by atoms with Gasteiger partial charge >= 0.3 is 0 Å². The van der Waals surface area contributed by atoms with Crippen molar-refractivity contribution in [3.63, 3.8) is 0 Å². The van der Waals surface area contributed by atoms with Crippen molar-refractivity contribution in [2.75, 3.05) is 25.1 Å². The van der Waals surface area contributed by atoms with Crippen LogP contribution in [0.1, 0.15) is 25.5 Å². The van der Waals surface area contributed by atoms with E-state index in [-0.39, 0.29) is 12.1 Å². The van der Waals surface area contributed by atoms with Gasteiger partial charge in [-0.25, -0.2) is 4.98 Å². The molecule has 0 saturated carbocycles. The van der Waals surface area contributed by atoms with Gasteiger partial charge in [-0.1, -0.05) is 35.3 Å². The first-order valence-corrected chi connectivity index (χ1v) is 9.16. The molecule has 3 N–H and O–H groups in total. The molecule has 0 amide bonds. The molecule has 1 saturated heterocycles. The number of aliphatic hydroxyl groups is 1. The summed E-state index contributed by atoms with van der Waals surface area (Å²) in [6, 6.07) is 5.28. The van der Waals surface area contributed by atoms with Gasteiger partial charge in [-0.3, -0.25) is 0 Å². The molecule has 140 valence electrons. The average molecular weight is 397 g/mol. The lowest BCUT2D eigenvalue weighted by atomic mass is 9.91. The van der Waals surface area contributed by atoms with Crippen LogP contribution in [0, 0.1) is 0 Å². The largest absolute Gasteiger partial charge is 0.479 e. The van der Waals surface area contributed by atoms with Gasteiger partial charge in [-0.15, -0.1) is 0 Å². The molecule has 26 heavy (non-hydrogen) atoms. The topological polar surface area (TPSA) is 84.5 Å². The average Bonchev–Trinajstić information content (AvgIpc) is 2.63. The van der Waals surface area contributed by atoms with Crippen molar-refractivity contribution >= 4 is 29.0 Å². The minimum atomic E-state index is -0.242. The lowest BCUT2D eigenvalue weighted by molar-refractivity contribution is 0.275. The first-order valence-electron chi connectivity index (χ1n) is 8.40. The fourth-order valence-corrected chi connectivity index (χ4v) is 3.43. The Labute approximate surface area is 162 Å². The molecule has 0 unspecified atom stereocenters. The van der Waals surface area contributed by atoms with Gasteiger partial charge < -0.3 is 20.5 Å². The number of aliphatic hydroxyl groups excluding tert-OH is 1. The molecule has 1 aromatic carbocycles. The quantitative estimate of drug-likeness (QED) is 0.824. The number of benzene rings is 1. The van der Waals surface area contributed by atoms with Gasteiger partial charge in [0.05, 0.1) is 23.8 Å². The highest BCUT2D eigenvalue weighted by Crippen LogP contribution is 2.38. The van der Waals surface area contributed by atoms with E-state index in [1.807, 2.05) is 6.92 Å². The Bertz CT molecular complexity index is 804. The maximum absolute atomic E-state index is 9.86. The number of nitrogens with two attached hydrogens (primary N) is 1. The number of methoxy groups -OCH3 is 1. The molecule has 0 atom stereocenters. The van der Waals surface area contributed by atoms with E-state index in [1.54, 1.807) is 18.2 Å². The number of ether oxygens (including phenoxy) is 1. The summed E-state index contributed by atoms with van der Waals surface area (Å²) < 4.78 is 5.46. The van der Waals surface area contributed by atoms with E-state index in [1.165, 1.54) is 7.11 Å². The highest BCUT2D eigenvalue weighted by atomic mass is 35.5. The Kier molecular flexibility index (Phi) is 5.58. The van der Waals surface area contributed by atoms with Gasteiger partial charge in [0.15, 0.2) is 5.82 Å². The Hall–Kier alpha value is -1.60. The molecular formula is C18H22Cl2N4O2. The van der Waals surface area contributed by atoms with Crippen LogP contribution in [0.5, 0.6) is 5.88 Å². The zero-order valence-electron chi connectivity index (χ0n) is 14.8. The van der Waals surface area contributed by atoms with Gasteiger partial charge in [-0.05, 0) is 25.8 Å². The number of hydrogen-bond acceptors (Lipinski definition) is 6. The monoisotopic (exact) mass is 396 g/mol. The second-order valence-corrected chi connectivity index (χ2v) is 7.54. The van der Waals surface area contributed by atoms with Gasteiger partial charge in [-0.2, -0.15) is 4.98 Å². The molecule has 0 bridgehead atoms. The van der Waals surface area contributed by atoms with Crippen molar-refractivity contribution < 1.29 is 9.84 Å². The third kappa shape index (κ3) is 3.74. The first-order chi connectivity index (χ1) is 12.4. The minimum Gasteiger partial charge on any atom is -0.479 e. The van der Waals surface area contributed by atoms with Crippen LogP contribution in [0.4, 0.5) is 5.82 Å². The molecule has 0 spiro atoms. The molecule has 1 aromatic heterocycles. The third-order valence-electron chi connectivity index (χ3n) is 4.67. The molecule has 2 aromatic rings. The zero-order valence-corrected chi connectivity index (χ0v) is 16.3. The summed E-state index contributed by atoms with van der Waals surface area (Å²) in [6.07, 6.45) is 1.67. The second kappa shape index (κ2) is 7.56. The van der Waals surface area contributed by atoms with E-state index in [0.717, 1.165) is 25.9 Å². The number of piperidine rings is 1. The van der Waals surface area contributed by atoms with E-state index in [2.05, 4.69) is 14.9 Å². The van der Waals surface area contributed by atoms with Gasteiger partial charge in [0.2, 0.25) is 5.88 Å². The number of anilines is 1. The second-order valence-electron chi connectivity index (χ2n) is 6.75. The van der Waals surface area contributed by atoms with Crippen molar-refractivity contribution in [2.24, 2.45) is 5.73 Å². The SMILES string of the molecule is COc1nc(N2CCC(C)(N)CC2)c(CO)nc1-c1cccc(Cl)c1Cl. The Morgan fingerprint density at radius 2 is 1.96 bits per heavy atom. The summed E-state index contributed by atoms with van der Waals surface area (Å²) in [5.74, 6) is 0.948. The summed E-state index contributed by atoms with van der Waals surface area (Å²) >= 11 is 12.5. The minimum absolute atomic E-state index is 0.179. The number of rotatable bonds is 4. The number of nitrogens with zero attached hydrogens (tertiary/aromatic N) is 3. The normalized spacial score (nSPS) is 16.6. The van der Waals surface area contributed by atoms with Crippen molar-refractivity contribution in [3.8, 4) is 17.1 Å². The summed E-state index contributed by atoms with van der Waals surface area (Å²) in [6.45, 7) is 3.30. The Morgan fingerprint density at radius 1 is 1.27 bits per heavy atom. The van der Waals surface area contributed by atoms with E-state index in [0.29, 0.717) is 38.7 Å². The predicted octanol–water partition coefficient (Wildman–Crippen LogP) is 3.27. The maximum Gasteiger partial charge on any atom is 0.242 e. The van der Waals surface area contributed by atoms with E-state index >= 15 is 0 Å². The molecule has 1 aliphatic heterocycles. The molecule has 6 nitrogen and oxygen atoms in total. The predicted molar refractivity (Wildman–Crippen MR) is 104 cm³/mol. The van der Waals surface area contributed by atoms with Crippen LogP contribution < -0.4 is 15.4 Å². The van der Waals surface area contributed by atoms with Crippen molar-refractivity contribution in [2.45, 2.75) is 31.9 Å². The highest BCUT2D eigenvalue weighted by Gasteiger charge is 2.29. The van der Waals surface area contributed by atoms with E-state index in [4.69, 9.17) is 33.7 Å². The number of aromatic nitrogens is 2. The van der Waals surface area contributed by atoms with E-state index in [9.17, 15) is 5.11 Å². The van der Waals surface area contributed by atoms with E-state index < -0.39 is 0 Å². The molecule has 2 heterocycles. The molecule has 8 heteroatoms. The lowest BCUT2D eigenvalue weighted by Crippen LogP contribution is -2.48. The number of hydrogen-bond donors (Lipinski definition) is 2. The zero-order chi connectivity index (χ0) is 18.9. The fraction of sp³-hybridized carbons (Fsp3) is 0.444. The third-order valence-corrected chi connectivity index (χ3v) is 5.49. The highest BCUT2D eigenvalue weighted by molar-refractivity contribution is 6.43. The maximum atomic E-state index is 9.86. The molecule has 0 radical (unpaired) electrons. The van der Waals surface area contributed by atoms with Crippen molar-refractivity contribution in [1.29, 1.82) is 0 Å². The standard InChI is InChI=1S/C18H22Cl2N4O2/c1-18(21)6-8-24(9-7-18)16-13(10-25)22-15(17(23-16)26-2)11-4-3-5-12(19)14(11)20/h3-5,25H,6-10,21H2,1-2H3. The summed E-state index contributed by atoms with van der Waals surface area (Å²) in [7, 11) is 1.53. The first kappa shape index (κ1) is 19.2. The Balaban J connectivity index is 2.05. The molecule has 1 aliphatic rings. The number of halogens is 2. The van der Waals surface area contributed by atoms with Crippen molar-refractivity contribution in [1.82, 2.24) is 9.97 Å². The van der Waals surface area contributed by atoms with Gasteiger partial charge in [0.25, 0.3) is 0 Å².